The number of nitrogens with zero attached hydrogens (tertiary/aromatic N) is 1. The van der Waals surface area contributed by atoms with Gasteiger partial charge < -0.3 is 30.1 Å². The van der Waals surface area contributed by atoms with Crippen molar-refractivity contribution in [2.75, 3.05) is 26.3 Å². The van der Waals surface area contributed by atoms with Crippen LogP contribution in [0.5, 0.6) is 11.5 Å². The quantitative estimate of drug-likeness (QED) is 0.120. The number of aliphatic hydroxyl groups excluding tert-OH is 2. The fourth-order valence-electron chi connectivity index (χ4n) is 8.31. The number of phenols is 1. The predicted octanol–water partition coefficient (Wildman–Crippen LogP) is 5.52. The first-order valence-electron chi connectivity index (χ1n) is 17.0. The zero-order valence-corrected chi connectivity index (χ0v) is 26.5. The number of aromatic hydroxyl groups is 1. The Labute approximate surface area is 263 Å². The first-order chi connectivity index (χ1) is 21.4. The summed E-state index contributed by atoms with van der Waals surface area (Å²) in [5.74, 6) is 3.50. The number of aliphatic imine (C=N–C) groups is 1. The summed E-state index contributed by atoms with van der Waals surface area (Å²) >= 11 is 0. The van der Waals surface area contributed by atoms with Gasteiger partial charge in [0, 0.05) is 37.5 Å². The summed E-state index contributed by atoms with van der Waals surface area (Å²) in [7, 11) is 0. The average molecular weight is 604 g/mol. The lowest BCUT2D eigenvalue weighted by Crippen LogP contribution is -2.42. The number of hydrogen-bond donors (Lipinski definition) is 4. The van der Waals surface area contributed by atoms with Crippen LogP contribution in [0, 0.1) is 35.2 Å². The lowest BCUT2D eigenvalue weighted by atomic mass is 9.63. The third kappa shape index (κ3) is 6.48. The van der Waals surface area contributed by atoms with Gasteiger partial charge in [-0.1, -0.05) is 38.0 Å². The summed E-state index contributed by atoms with van der Waals surface area (Å²) < 4.78 is 11.0. The highest BCUT2D eigenvalue weighted by Gasteiger charge is 2.60. The molecule has 44 heavy (non-hydrogen) atoms. The van der Waals surface area contributed by atoms with Crippen molar-refractivity contribution in [2.45, 2.75) is 90.3 Å². The molecule has 7 heteroatoms. The van der Waals surface area contributed by atoms with Crippen molar-refractivity contribution in [3.8, 4) is 11.5 Å². The standard InChI is InChI=1S/C37H50N2O5/c1-3-4-7-34-27(23-40)19-30(44-34)10-8-25-9-11-33(42)35(17-25)43-16-13-29-20-31-32(22-38-21-24(2)41)37-14-5-6-28(37)18-26(12-15-37)36(31)39-29/h9,11-12,15,17,19-20,24,26,28,32,34,38,40-41,44H,3-8,10,13-14,16,18,21-23H2,1-2H3/p+1. The van der Waals surface area contributed by atoms with Crippen molar-refractivity contribution in [2.24, 2.45) is 28.2 Å². The number of nitrogens with one attached hydrogen (secondary N) is 1. The maximum Gasteiger partial charge on any atom is 0.178 e. The number of hydrogen-bond acceptors (Lipinski definition) is 6. The van der Waals surface area contributed by atoms with Crippen LogP contribution in [0.1, 0.15) is 77.2 Å². The molecule has 2 fully saturated rings. The number of ether oxygens (including phenoxy) is 2. The van der Waals surface area contributed by atoms with E-state index in [0.717, 1.165) is 61.6 Å². The molecule has 2 aliphatic heterocycles. The molecule has 6 atom stereocenters. The summed E-state index contributed by atoms with van der Waals surface area (Å²) in [6.07, 6.45) is 20.6. The minimum atomic E-state index is -0.361. The lowest BCUT2D eigenvalue weighted by Gasteiger charge is -2.39. The number of phenolic OH excluding ortho intramolecular Hbond substituents is 1. The molecule has 6 unspecified atom stereocenters. The molecule has 5 N–H and O–H groups in total. The minimum absolute atomic E-state index is 0.0685. The highest BCUT2D eigenvalue weighted by atomic mass is 16.5. The molecular formula is C37H51N2O5+. The molecule has 1 aromatic carbocycles. The zero-order chi connectivity index (χ0) is 30.7. The van der Waals surface area contributed by atoms with Crippen LogP contribution in [0.3, 0.4) is 0 Å². The van der Waals surface area contributed by atoms with Crippen molar-refractivity contribution in [1.82, 2.24) is 5.32 Å². The Balaban J connectivity index is 1.06. The molecular weight excluding hydrogens is 552 g/mol. The van der Waals surface area contributed by atoms with Crippen molar-refractivity contribution in [1.29, 1.82) is 0 Å². The third-order valence-electron chi connectivity index (χ3n) is 10.6. The van der Waals surface area contributed by atoms with Gasteiger partial charge in [0.1, 0.15) is 24.7 Å². The van der Waals surface area contributed by atoms with Gasteiger partial charge in [0.15, 0.2) is 22.9 Å². The van der Waals surface area contributed by atoms with Gasteiger partial charge in [0.25, 0.3) is 0 Å². The normalized spacial score (nSPS) is 29.3. The number of rotatable bonds is 15. The fourth-order valence-corrected chi connectivity index (χ4v) is 8.31. The van der Waals surface area contributed by atoms with Crippen molar-refractivity contribution < 1.29 is 24.8 Å². The van der Waals surface area contributed by atoms with Gasteiger partial charge in [-0.3, -0.25) is 0 Å². The predicted molar refractivity (Wildman–Crippen MR) is 174 cm³/mol. The summed E-state index contributed by atoms with van der Waals surface area (Å²) in [6, 6.07) is 5.60. The van der Waals surface area contributed by atoms with Gasteiger partial charge >= 0.3 is 0 Å². The maximum absolute atomic E-state index is 10.5. The highest BCUT2D eigenvalue weighted by Crippen LogP contribution is 2.61. The minimum Gasteiger partial charge on any atom is -0.504 e. The summed E-state index contributed by atoms with van der Waals surface area (Å²) in [6.45, 7) is 5.99. The van der Waals surface area contributed by atoms with E-state index in [2.05, 4.69) is 36.5 Å². The average Bonchev–Trinajstić information content (AvgIpc) is 3.72. The number of aryl methyl sites for hydroxylation is 1. The second kappa shape index (κ2) is 13.7. The van der Waals surface area contributed by atoms with Gasteiger partial charge in [-0.05, 0) is 69.1 Å². The van der Waals surface area contributed by atoms with Crippen LogP contribution in [-0.4, -0.2) is 64.3 Å². The molecule has 7 rings (SSSR count). The van der Waals surface area contributed by atoms with Crippen LogP contribution < -0.4 is 10.1 Å². The third-order valence-corrected chi connectivity index (χ3v) is 10.6. The second-order valence-corrected chi connectivity index (χ2v) is 13.6. The molecule has 6 aliphatic rings. The Morgan fingerprint density at radius 1 is 1.30 bits per heavy atom. The lowest BCUT2D eigenvalue weighted by molar-refractivity contribution is -0.0550. The van der Waals surface area contributed by atoms with Crippen LogP contribution >= 0.6 is 0 Å². The van der Waals surface area contributed by atoms with Gasteiger partial charge in [-0.25, -0.2) is 0 Å². The van der Waals surface area contributed by atoms with E-state index in [-0.39, 0.29) is 30.0 Å². The molecule has 2 heterocycles. The molecule has 0 aromatic heterocycles. The summed E-state index contributed by atoms with van der Waals surface area (Å²) in [4.78, 5) is 5.18. The van der Waals surface area contributed by atoms with Crippen LogP contribution in [0.15, 0.2) is 58.8 Å². The monoisotopic (exact) mass is 603 g/mol. The highest BCUT2D eigenvalue weighted by molar-refractivity contribution is 6.06. The van der Waals surface area contributed by atoms with Crippen molar-refractivity contribution in [3.63, 3.8) is 0 Å². The molecule has 2 saturated carbocycles. The number of allylic oxidation sites excluding steroid dienone is 3. The van der Waals surface area contributed by atoms with Gasteiger partial charge in [-0.2, -0.15) is 0 Å². The molecule has 1 aromatic rings. The molecule has 0 amide bonds. The molecule has 4 aliphatic carbocycles. The molecule has 238 valence electrons. The second-order valence-electron chi connectivity index (χ2n) is 13.6. The zero-order valence-electron chi connectivity index (χ0n) is 26.5. The van der Waals surface area contributed by atoms with E-state index in [4.69, 9.17) is 14.5 Å². The first-order valence-corrected chi connectivity index (χ1v) is 17.0. The maximum atomic E-state index is 10.5. The van der Waals surface area contributed by atoms with Gasteiger partial charge in [-0.15, -0.1) is 16.6 Å². The molecule has 0 radical (unpaired) electrons. The van der Waals surface area contributed by atoms with E-state index in [1.54, 1.807) is 6.07 Å². The van der Waals surface area contributed by atoms with Crippen LogP contribution in [-0.2, 0) is 6.42 Å². The molecule has 7 nitrogen and oxygen atoms in total. The van der Waals surface area contributed by atoms with Gasteiger partial charge in [0.2, 0.25) is 0 Å². The Morgan fingerprint density at radius 3 is 3.00 bits per heavy atom. The molecule has 0 saturated heterocycles. The Kier molecular flexibility index (Phi) is 9.77. The van der Waals surface area contributed by atoms with Gasteiger partial charge in [0.05, 0.1) is 24.5 Å². The van der Waals surface area contributed by atoms with Crippen molar-refractivity contribution in [3.05, 3.63) is 71.4 Å². The summed E-state index contributed by atoms with van der Waals surface area (Å²) in [5, 5.41) is 33.7. The largest absolute Gasteiger partial charge is 0.504 e. The van der Waals surface area contributed by atoms with Crippen molar-refractivity contribution >= 4 is 5.71 Å². The molecule has 1 spiro atoms. The number of aliphatic hydroxyl groups is 4. The van der Waals surface area contributed by atoms with E-state index in [9.17, 15) is 15.3 Å². The van der Waals surface area contributed by atoms with Crippen LogP contribution in [0.4, 0.5) is 0 Å². The SMILES string of the molecule is CCCCC1[OH+][C-](CCc2ccc(O)c(OCCC3=C[C+]4C(=N3)C3C=CC5(CCCC5C3)C4CNCC(C)O)c2)C=C1CO. The number of benzene rings is 1. The molecule has 2 bridgehead atoms. The van der Waals surface area contributed by atoms with Crippen LogP contribution in [0.2, 0.25) is 0 Å². The van der Waals surface area contributed by atoms with E-state index in [1.807, 2.05) is 19.1 Å². The van der Waals surface area contributed by atoms with E-state index >= 15 is 0 Å². The Hall–Kier alpha value is -2.71. The smallest absolute Gasteiger partial charge is 0.178 e. The van der Waals surface area contributed by atoms with E-state index in [1.165, 1.54) is 37.3 Å². The van der Waals surface area contributed by atoms with E-state index in [0.29, 0.717) is 43.1 Å². The first kappa shape index (κ1) is 31.3. The van der Waals surface area contributed by atoms with Crippen LogP contribution in [0.25, 0.3) is 0 Å². The Bertz CT molecular complexity index is 1280. The van der Waals surface area contributed by atoms with E-state index < -0.39 is 0 Å². The number of unbranched alkanes of at least 4 members (excludes halogenated alkanes) is 1. The topological polar surface area (TPSA) is 107 Å². The Morgan fingerprint density at radius 2 is 2.18 bits per heavy atom. The summed E-state index contributed by atoms with van der Waals surface area (Å²) in [5.41, 5.74) is 4.60. The fraction of sp³-hybridized carbons (Fsp3) is 0.595.